The second-order valence-electron chi connectivity index (χ2n) is 17.0. The Morgan fingerprint density at radius 3 is 1.57 bits per heavy atom. The van der Waals surface area contributed by atoms with E-state index in [9.17, 15) is 0 Å². The number of nitrogens with zero attached hydrogens (tertiary/aromatic N) is 3. The molecule has 1 aromatic heterocycles. The SMILES string of the molecule is C=C/C=C(\C=C/C)N(/C(C)=C/C=C(N)/C=C/c1ccc(-c2c(/C=C\C)c(C)c(C)c(/C=C\CC)c2-c2ccc(/C=C/c3ccc(N(c4ccccc4)c4ccccc4)cn3)cc2)cc1)c1ccccc1.CC. The van der Waals surface area contributed by atoms with Crippen LogP contribution >= 0.6 is 0 Å². The van der Waals surface area contributed by atoms with E-state index in [4.69, 9.17) is 10.7 Å². The summed E-state index contributed by atoms with van der Waals surface area (Å²) in [5, 5.41) is 0. The fourth-order valence-electron chi connectivity index (χ4n) is 8.57. The van der Waals surface area contributed by atoms with Crippen LogP contribution in [0.5, 0.6) is 0 Å². The van der Waals surface area contributed by atoms with Gasteiger partial charge >= 0.3 is 0 Å². The second-order valence-corrected chi connectivity index (χ2v) is 17.0. The van der Waals surface area contributed by atoms with E-state index in [0.29, 0.717) is 5.70 Å². The Morgan fingerprint density at radius 1 is 0.556 bits per heavy atom. The van der Waals surface area contributed by atoms with Crippen LogP contribution in [0.4, 0.5) is 22.7 Å². The van der Waals surface area contributed by atoms with Crippen LogP contribution in [0.1, 0.15) is 87.0 Å². The molecule has 0 bridgehead atoms. The highest BCUT2D eigenvalue weighted by Crippen LogP contribution is 2.43. The Hall–Kier alpha value is -8.47. The molecule has 0 saturated carbocycles. The lowest BCUT2D eigenvalue weighted by atomic mass is 9.81. The summed E-state index contributed by atoms with van der Waals surface area (Å²) < 4.78 is 0. The van der Waals surface area contributed by atoms with Gasteiger partial charge in [0.1, 0.15) is 0 Å². The first kappa shape index (κ1) is 52.9. The van der Waals surface area contributed by atoms with Gasteiger partial charge in [0.2, 0.25) is 0 Å². The predicted octanol–water partition coefficient (Wildman–Crippen LogP) is 19.1. The maximum Gasteiger partial charge on any atom is 0.0645 e. The standard InChI is InChI=1S/C66H64N4.C2H6/c1-8-12-31-64-51(7)50(6)63(24-11-4)65(54-39-33-52(34-40-54)37-44-56(67)43-32-49(5)69(58(22-9-2)23-10-3)59-25-16-13-17-26-59)66(64)55-41-35-53(36-42-55)38-45-57-46-47-62(48-68-57)70(60-27-18-14-19-28-60)61-29-20-15-21-30-61;1-2/h9-48H,2,8,67H2,1,3-7H3;1-2H3/b23-10-,24-11-,31-12-,44-37+,45-38+,49-32+,56-43-,58-22+;. The van der Waals surface area contributed by atoms with Gasteiger partial charge in [-0.05, 0) is 182 Å². The molecule has 0 aliphatic heterocycles. The van der Waals surface area contributed by atoms with Gasteiger partial charge in [-0.2, -0.15) is 0 Å². The topological polar surface area (TPSA) is 45.4 Å². The lowest BCUT2D eigenvalue weighted by Gasteiger charge is -2.26. The number of pyridine rings is 1. The quantitative estimate of drug-likeness (QED) is 0.0871. The van der Waals surface area contributed by atoms with Crippen molar-refractivity contribution in [3.8, 4) is 22.3 Å². The third-order valence-electron chi connectivity index (χ3n) is 12.2. The molecule has 0 unspecified atom stereocenters. The van der Waals surface area contributed by atoms with Crippen molar-refractivity contribution in [3.05, 3.63) is 275 Å². The number of benzene rings is 6. The molecule has 0 aliphatic rings. The van der Waals surface area contributed by atoms with Crippen molar-refractivity contribution in [3.63, 3.8) is 0 Å². The maximum atomic E-state index is 6.60. The number of nitrogens with two attached hydrogens (primary N) is 1. The van der Waals surface area contributed by atoms with Crippen molar-refractivity contribution in [2.45, 2.75) is 61.8 Å². The summed E-state index contributed by atoms with van der Waals surface area (Å²) in [6, 6.07) is 53.0. The summed E-state index contributed by atoms with van der Waals surface area (Å²) in [7, 11) is 0. The number of allylic oxidation sites excluding steroid dienone is 10. The lowest BCUT2D eigenvalue weighted by Crippen LogP contribution is -2.19. The van der Waals surface area contributed by atoms with Gasteiger partial charge in [-0.1, -0.05) is 179 Å². The first-order valence-corrected chi connectivity index (χ1v) is 25.1. The second kappa shape index (κ2) is 27.1. The monoisotopic (exact) mass is 943 g/mol. The van der Waals surface area contributed by atoms with Gasteiger partial charge in [0.25, 0.3) is 0 Å². The Kier molecular flexibility index (Phi) is 19.9. The molecule has 0 radical (unpaired) electrons. The van der Waals surface area contributed by atoms with Crippen LogP contribution in [0.15, 0.2) is 236 Å². The van der Waals surface area contributed by atoms with Gasteiger partial charge in [0, 0.05) is 34.2 Å². The number of para-hydroxylation sites is 3. The first-order valence-electron chi connectivity index (χ1n) is 25.1. The maximum absolute atomic E-state index is 6.60. The normalized spacial score (nSPS) is 12.3. The van der Waals surface area contributed by atoms with Crippen LogP contribution in [-0.2, 0) is 0 Å². The molecule has 4 heteroatoms. The van der Waals surface area contributed by atoms with Gasteiger partial charge in [0.05, 0.1) is 17.6 Å². The zero-order valence-corrected chi connectivity index (χ0v) is 43.4. The van der Waals surface area contributed by atoms with Crippen molar-refractivity contribution in [2.75, 3.05) is 9.80 Å². The molecule has 362 valence electrons. The largest absolute Gasteiger partial charge is 0.399 e. The zero-order valence-electron chi connectivity index (χ0n) is 43.4. The van der Waals surface area contributed by atoms with Gasteiger partial charge < -0.3 is 15.5 Å². The van der Waals surface area contributed by atoms with Gasteiger partial charge in [-0.25, -0.2) is 0 Å². The van der Waals surface area contributed by atoms with E-state index >= 15 is 0 Å². The highest BCUT2D eigenvalue weighted by molar-refractivity contribution is 5.97. The zero-order chi connectivity index (χ0) is 51.2. The molecular formula is C68H70N4. The molecule has 7 aromatic rings. The Balaban J connectivity index is 0.00000418. The lowest BCUT2D eigenvalue weighted by molar-refractivity contribution is 1.10. The molecule has 6 aromatic carbocycles. The van der Waals surface area contributed by atoms with Crippen LogP contribution in [0.3, 0.4) is 0 Å². The average Bonchev–Trinajstić information content (AvgIpc) is 3.42. The number of anilines is 4. The molecule has 2 N–H and O–H groups in total. The van der Waals surface area contributed by atoms with Gasteiger partial charge in [0.15, 0.2) is 0 Å². The minimum absolute atomic E-state index is 0.650. The number of aromatic nitrogens is 1. The average molecular weight is 943 g/mol. The number of rotatable bonds is 18. The van der Waals surface area contributed by atoms with Crippen LogP contribution in [0.25, 0.3) is 52.6 Å². The number of hydrogen-bond donors (Lipinski definition) is 1. The molecule has 1 heterocycles. The molecule has 0 saturated heterocycles. The van der Waals surface area contributed by atoms with E-state index in [1.54, 1.807) is 0 Å². The molecule has 0 amide bonds. The minimum atomic E-state index is 0.650. The fourth-order valence-corrected chi connectivity index (χ4v) is 8.57. The van der Waals surface area contributed by atoms with Crippen molar-refractivity contribution < 1.29 is 0 Å². The highest BCUT2D eigenvalue weighted by atomic mass is 15.2. The molecule has 0 atom stereocenters. The van der Waals surface area contributed by atoms with Gasteiger partial charge in [-0.15, -0.1) is 0 Å². The summed E-state index contributed by atoms with van der Waals surface area (Å²) in [6.07, 6.45) is 32.0. The molecular weight excluding hydrogens is 873 g/mol. The van der Waals surface area contributed by atoms with E-state index in [-0.39, 0.29) is 0 Å². The Bertz CT molecular complexity index is 3050. The molecule has 0 fully saturated rings. The van der Waals surface area contributed by atoms with Crippen LogP contribution in [0, 0.1) is 13.8 Å². The van der Waals surface area contributed by atoms with Crippen molar-refractivity contribution in [1.29, 1.82) is 0 Å². The van der Waals surface area contributed by atoms with Crippen LogP contribution < -0.4 is 15.5 Å². The van der Waals surface area contributed by atoms with Crippen molar-refractivity contribution >= 4 is 53.1 Å². The Labute approximate surface area is 431 Å². The third kappa shape index (κ3) is 13.4. The summed E-state index contributed by atoms with van der Waals surface area (Å²) in [4.78, 5) is 9.28. The summed E-state index contributed by atoms with van der Waals surface area (Å²) in [5.74, 6) is 0. The summed E-state index contributed by atoms with van der Waals surface area (Å²) >= 11 is 0. The summed E-state index contributed by atoms with van der Waals surface area (Å²) in [5.41, 5.74) is 26.3. The van der Waals surface area contributed by atoms with E-state index in [1.165, 1.54) is 33.4 Å². The minimum Gasteiger partial charge on any atom is -0.399 e. The highest BCUT2D eigenvalue weighted by Gasteiger charge is 2.21. The first-order chi connectivity index (χ1) is 35.2. The summed E-state index contributed by atoms with van der Waals surface area (Å²) in [6.45, 7) is 20.8. The van der Waals surface area contributed by atoms with Crippen molar-refractivity contribution in [2.24, 2.45) is 5.73 Å². The predicted molar refractivity (Wildman–Crippen MR) is 317 cm³/mol. The number of hydrogen-bond acceptors (Lipinski definition) is 4. The Morgan fingerprint density at radius 2 is 1.08 bits per heavy atom. The third-order valence-corrected chi connectivity index (χ3v) is 12.2. The van der Waals surface area contributed by atoms with E-state index in [2.05, 4.69) is 227 Å². The molecule has 7 rings (SSSR count). The fraction of sp³-hybridized carbons (Fsp3) is 0.132. The van der Waals surface area contributed by atoms with E-state index in [1.807, 2.05) is 87.7 Å². The van der Waals surface area contributed by atoms with Crippen LogP contribution in [0.2, 0.25) is 0 Å². The smallest absolute Gasteiger partial charge is 0.0645 e. The van der Waals surface area contributed by atoms with Crippen LogP contribution in [-0.4, -0.2) is 4.98 Å². The van der Waals surface area contributed by atoms with E-state index in [0.717, 1.165) is 68.5 Å². The molecule has 0 spiro atoms. The molecule has 0 aliphatic carbocycles. The van der Waals surface area contributed by atoms with Crippen molar-refractivity contribution in [1.82, 2.24) is 4.98 Å². The van der Waals surface area contributed by atoms with Gasteiger partial charge in [-0.3, -0.25) is 4.98 Å². The van der Waals surface area contributed by atoms with E-state index < -0.39 is 0 Å². The molecule has 4 nitrogen and oxygen atoms in total. The molecule has 72 heavy (non-hydrogen) atoms.